The molecule has 2 amide bonds. The Kier molecular flexibility index (Phi) is 3.53. The van der Waals surface area contributed by atoms with Gasteiger partial charge in [-0.05, 0) is 49.2 Å². The van der Waals surface area contributed by atoms with Crippen LogP contribution in [0, 0.1) is 13.8 Å². The first-order valence-corrected chi connectivity index (χ1v) is 8.17. The number of nitrogens with zero attached hydrogens (tertiary/aromatic N) is 2. The summed E-state index contributed by atoms with van der Waals surface area (Å²) in [7, 11) is 0. The molecule has 0 unspecified atom stereocenters. The molecule has 6 nitrogen and oxygen atoms in total. The SMILES string of the molecule is Cc1cc(C)cc(NC(=O)C[C@H]2C(=O)Nc3nc4ccccc4n32)c1. The van der Waals surface area contributed by atoms with E-state index in [0.29, 0.717) is 5.95 Å². The van der Waals surface area contributed by atoms with Crippen molar-refractivity contribution in [2.45, 2.75) is 26.3 Å². The third-order valence-corrected chi connectivity index (χ3v) is 4.33. The predicted molar refractivity (Wildman–Crippen MR) is 96.6 cm³/mol. The smallest absolute Gasteiger partial charge is 0.250 e. The van der Waals surface area contributed by atoms with Gasteiger partial charge < -0.3 is 5.32 Å². The highest BCUT2D eigenvalue weighted by atomic mass is 16.2. The van der Waals surface area contributed by atoms with Crippen molar-refractivity contribution in [2.75, 3.05) is 10.6 Å². The highest BCUT2D eigenvalue weighted by molar-refractivity contribution is 6.03. The Balaban J connectivity index is 1.59. The zero-order chi connectivity index (χ0) is 17.6. The molecule has 2 aromatic carbocycles. The first-order chi connectivity index (χ1) is 12.0. The Hall–Kier alpha value is -3.15. The van der Waals surface area contributed by atoms with Crippen molar-refractivity contribution < 1.29 is 9.59 Å². The Morgan fingerprint density at radius 3 is 2.68 bits per heavy atom. The predicted octanol–water partition coefficient (Wildman–Crippen LogP) is 3.18. The molecule has 4 rings (SSSR count). The van der Waals surface area contributed by atoms with E-state index < -0.39 is 6.04 Å². The lowest BCUT2D eigenvalue weighted by atomic mass is 10.1. The lowest BCUT2D eigenvalue weighted by Gasteiger charge is -2.12. The summed E-state index contributed by atoms with van der Waals surface area (Å²) in [6.45, 7) is 3.97. The number of hydrogen-bond donors (Lipinski definition) is 2. The fourth-order valence-electron chi connectivity index (χ4n) is 3.38. The largest absolute Gasteiger partial charge is 0.326 e. The van der Waals surface area contributed by atoms with Gasteiger partial charge in [0.2, 0.25) is 17.8 Å². The summed E-state index contributed by atoms with van der Waals surface area (Å²) in [5.74, 6) is 0.0926. The molecular formula is C19H18N4O2. The summed E-state index contributed by atoms with van der Waals surface area (Å²) in [6.07, 6.45) is 0.0617. The maximum absolute atomic E-state index is 12.5. The summed E-state index contributed by atoms with van der Waals surface area (Å²) >= 11 is 0. The molecule has 0 bridgehead atoms. The van der Waals surface area contributed by atoms with E-state index in [1.165, 1.54) is 0 Å². The van der Waals surface area contributed by atoms with Crippen molar-refractivity contribution in [3.05, 3.63) is 53.6 Å². The van der Waals surface area contributed by atoms with Crippen molar-refractivity contribution in [2.24, 2.45) is 0 Å². The van der Waals surface area contributed by atoms with Gasteiger partial charge in [-0.25, -0.2) is 4.98 Å². The van der Waals surface area contributed by atoms with Crippen LogP contribution in [0.25, 0.3) is 11.0 Å². The van der Waals surface area contributed by atoms with Gasteiger partial charge in [0.25, 0.3) is 0 Å². The minimum atomic E-state index is -0.590. The molecule has 0 saturated heterocycles. The zero-order valence-corrected chi connectivity index (χ0v) is 14.0. The molecule has 1 aliphatic heterocycles. The van der Waals surface area contributed by atoms with Gasteiger partial charge in [-0.2, -0.15) is 0 Å². The minimum absolute atomic E-state index is 0.0617. The summed E-state index contributed by atoms with van der Waals surface area (Å²) in [4.78, 5) is 29.2. The van der Waals surface area contributed by atoms with Gasteiger partial charge in [0, 0.05) is 5.69 Å². The molecule has 0 fully saturated rings. The Labute approximate surface area is 144 Å². The van der Waals surface area contributed by atoms with E-state index in [1.807, 2.05) is 56.3 Å². The molecule has 1 aromatic heterocycles. The first kappa shape index (κ1) is 15.4. The molecule has 0 radical (unpaired) electrons. The van der Waals surface area contributed by atoms with E-state index in [-0.39, 0.29) is 18.2 Å². The Morgan fingerprint density at radius 2 is 1.92 bits per heavy atom. The van der Waals surface area contributed by atoms with Crippen LogP contribution < -0.4 is 10.6 Å². The number of nitrogens with one attached hydrogen (secondary N) is 2. The molecule has 1 atom stereocenters. The minimum Gasteiger partial charge on any atom is -0.326 e. The number of anilines is 2. The van der Waals surface area contributed by atoms with Crippen LogP contribution in [0.4, 0.5) is 11.6 Å². The summed E-state index contributed by atoms with van der Waals surface area (Å²) in [6, 6.07) is 12.9. The van der Waals surface area contributed by atoms with Crippen molar-refractivity contribution in [3.63, 3.8) is 0 Å². The van der Waals surface area contributed by atoms with Crippen LogP contribution in [0.5, 0.6) is 0 Å². The quantitative estimate of drug-likeness (QED) is 0.772. The van der Waals surface area contributed by atoms with Gasteiger partial charge in [0.05, 0.1) is 17.5 Å². The standard InChI is InChI=1S/C19H18N4O2/c1-11-7-12(2)9-13(8-11)20-17(24)10-16-18(25)22-19-21-14-5-3-4-6-15(14)23(16)19/h3-9,16H,10H2,1-2H3,(H,20,24)(H,21,22,25)/t16-/m0/s1. The average molecular weight is 334 g/mol. The van der Waals surface area contributed by atoms with Crippen LogP contribution >= 0.6 is 0 Å². The number of aromatic nitrogens is 2. The van der Waals surface area contributed by atoms with E-state index in [1.54, 1.807) is 4.57 Å². The van der Waals surface area contributed by atoms with Gasteiger partial charge in [0.1, 0.15) is 6.04 Å². The number of aryl methyl sites for hydroxylation is 2. The molecule has 25 heavy (non-hydrogen) atoms. The van der Waals surface area contributed by atoms with Gasteiger partial charge in [0.15, 0.2) is 0 Å². The molecular weight excluding hydrogens is 316 g/mol. The third-order valence-electron chi connectivity index (χ3n) is 4.33. The number of benzene rings is 2. The number of imidazole rings is 1. The highest BCUT2D eigenvalue weighted by Gasteiger charge is 2.34. The van der Waals surface area contributed by atoms with Crippen LogP contribution in [-0.4, -0.2) is 21.4 Å². The molecule has 1 aliphatic rings. The van der Waals surface area contributed by atoms with E-state index in [4.69, 9.17) is 0 Å². The van der Waals surface area contributed by atoms with Crippen molar-refractivity contribution >= 4 is 34.5 Å². The number of carbonyl (C=O) groups is 2. The van der Waals surface area contributed by atoms with Gasteiger partial charge in [-0.1, -0.05) is 18.2 Å². The average Bonchev–Trinajstić information content (AvgIpc) is 3.02. The van der Waals surface area contributed by atoms with Crippen LogP contribution in [0.3, 0.4) is 0 Å². The van der Waals surface area contributed by atoms with E-state index >= 15 is 0 Å². The Morgan fingerprint density at radius 1 is 1.20 bits per heavy atom. The second-order valence-corrected chi connectivity index (χ2v) is 6.43. The van der Waals surface area contributed by atoms with Gasteiger partial charge in [-0.3, -0.25) is 19.5 Å². The molecule has 2 heterocycles. The van der Waals surface area contributed by atoms with Gasteiger partial charge >= 0.3 is 0 Å². The number of hydrogen-bond acceptors (Lipinski definition) is 3. The van der Waals surface area contributed by atoms with Crippen molar-refractivity contribution in [1.82, 2.24) is 9.55 Å². The first-order valence-electron chi connectivity index (χ1n) is 8.17. The number of rotatable bonds is 3. The number of amides is 2. The van der Waals surface area contributed by atoms with E-state index in [2.05, 4.69) is 15.6 Å². The van der Waals surface area contributed by atoms with Crippen LogP contribution in [0.1, 0.15) is 23.6 Å². The van der Waals surface area contributed by atoms with Crippen LogP contribution in [-0.2, 0) is 9.59 Å². The van der Waals surface area contributed by atoms with Crippen molar-refractivity contribution in [3.8, 4) is 0 Å². The van der Waals surface area contributed by atoms with Gasteiger partial charge in [-0.15, -0.1) is 0 Å². The molecule has 2 N–H and O–H groups in total. The molecule has 6 heteroatoms. The maximum Gasteiger partial charge on any atom is 0.250 e. The second kappa shape index (κ2) is 5.73. The monoisotopic (exact) mass is 334 g/mol. The molecule has 0 aliphatic carbocycles. The van der Waals surface area contributed by atoms with Crippen LogP contribution in [0.2, 0.25) is 0 Å². The summed E-state index contributed by atoms with van der Waals surface area (Å²) in [5, 5.41) is 5.65. The lowest BCUT2D eigenvalue weighted by molar-refractivity contribution is -0.123. The third kappa shape index (κ3) is 2.76. The Bertz CT molecular complexity index is 986. The highest BCUT2D eigenvalue weighted by Crippen LogP contribution is 2.32. The molecule has 0 saturated carbocycles. The van der Waals surface area contributed by atoms with Crippen LogP contribution in [0.15, 0.2) is 42.5 Å². The lowest BCUT2D eigenvalue weighted by Crippen LogP contribution is -2.23. The number of para-hydroxylation sites is 2. The normalized spacial score (nSPS) is 15.9. The number of fused-ring (bicyclic) bond motifs is 3. The summed E-state index contributed by atoms with van der Waals surface area (Å²) in [5.41, 5.74) is 4.56. The van der Waals surface area contributed by atoms with E-state index in [0.717, 1.165) is 27.8 Å². The fourth-order valence-corrected chi connectivity index (χ4v) is 3.38. The topological polar surface area (TPSA) is 76.0 Å². The summed E-state index contributed by atoms with van der Waals surface area (Å²) < 4.78 is 1.80. The molecule has 0 spiro atoms. The molecule has 3 aromatic rings. The fraction of sp³-hybridized carbons (Fsp3) is 0.211. The van der Waals surface area contributed by atoms with E-state index in [9.17, 15) is 9.59 Å². The number of carbonyl (C=O) groups excluding carboxylic acids is 2. The maximum atomic E-state index is 12.5. The van der Waals surface area contributed by atoms with Crippen molar-refractivity contribution in [1.29, 1.82) is 0 Å². The zero-order valence-electron chi connectivity index (χ0n) is 14.0. The molecule has 126 valence electrons. The second-order valence-electron chi connectivity index (χ2n) is 6.43.